The van der Waals surface area contributed by atoms with Crippen molar-refractivity contribution in [1.82, 2.24) is 10.2 Å². The van der Waals surface area contributed by atoms with Gasteiger partial charge in [0.1, 0.15) is 11.4 Å². The Morgan fingerprint density at radius 1 is 1.30 bits per heavy atom. The largest absolute Gasteiger partial charge is 0.496 e. The number of carbonyl (C=O) groups excluding carboxylic acids is 1. The number of benzene rings is 1. The number of methoxy groups -OCH3 is 1. The second-order valence-electron chi connectivity index (χ2n) is 9.77. The van der Waals surface area contributed by atoms with Crippen molar-refractivity contribution in [3.05, 3.63) is 23.8 Å². The van der Waals surface area contributed by atoms with Gasteiger partial charge in [0.2, 0.25) is 0 Å². The summed E-state index contributed by atoms with van der Waals surface area (Å²) in [4.78, 5) is 14.1. The van der Waals surface area contributed by atoms with E-state index in [-0.39, 0.29) is 12.1 Å². The number of nitrogens with one attached hydrogen (secondary N) is 1. The molecule has 2 aliphatic rings. The number of rotatable bonds is 6. The van der Waals surface area contributed by atoms with Gasteiger partial charge in [-0.15, -0.1) is 0 Å². The quantitative estimate of drug-likeness (QED) is 0.613. The zero-order valence-corrected chi connectivity index (χ0v) is 18.8. The lowest BCUT2D eigenvalue weighted by Crippen LogP contribution is -2.43. The first-order chi connectivity index (χ1) is 14.0. The Balaban J connectivity index is 1.51. The normalized spacial score (nSPS) is 25.7. The molecule has 0 radical (unpaired) electrons. The van der Waals surface area contributed by atoms with Gasteiger partial charge in [-0.05, 0) is 69.8 Å². The van der Waals surface area contributed by atoms with Gasteiger partial charge < -0.3 is 29.7 Å². The molecule has 0 heterocycles. The molecule has 2 saturated carbocycles. The summed E-state index contributed by atoms with van der Waals surface area (Å²) in [6.07, 6.45) is 5.06. The minimum absolute atomic E-state index is 0.231. The van der Waals surface area contributed by atoms with Crippen LogP contribution in [0.5, 0.6) is 5.75 Å². The van der Waals surface area contributed by atoms with E-state index in [9.17, 15) is 14.8 Å². The smallest absolute Gasteiger partial charge is 0.488 e. The number of ether oxygens (including phenoxy) is 2. The Bertz CT molecular complexity index is 756. The van der Waals surface area contributed by atoms with Crippen molar-refractivity contribution in [3.8, 4) is 5.75 Å². The average Bonchev–Trinajstić information content (AvgIpc) is 3.36. The minimum atomic E-state index is -1.49. The van der Waals surface area contributed by atoms with Crippen molar-refractivity contribution in [1.29, 1.82) is 0 Å². The van der Waals surface area contributed by atoms with Crippen LogP contribution in [0.2, 0.25) is 0 Å². The molecular weight excluding hydrogens is 383 g/mol. The van der Waals surface area contributed by atoms with Crippen LogP contribution in [0.4, 0.5) is 4.79 Å². The van der Waals surface area contributed by atoms with E-state index < -0.39 is 12.7 Å². The Morgan fingerprint density at radius 3 is 2.53 bits per heavy atom. The summed E-state index contributed by atoms with van der Waals surface area (Å²) < 4.78 is 10.9. The molecule has 8 heteroatoms. The lowest BCUT2D eigenvalue weighted by molar-refractivity contribution is 0.0164. The molecule has 2 aliphatic carbocycles. The minimum Gasteiger partial charge on any atom is -0.496 e. The van der Waals surface area contributed by atoms with E-state index in [1.807, 2.05) is 27.8 Å². The maximum Gasteiger partial charge on any atom is 0.488 e. The van der Waals surface area contributed by atoms with Crippen LogP contribution in [0, 0.1) is 5.41 Å². The molecule has 1 aromatic rings. The number of hydrogen-bond acceptors (Lipinski definition) is 6. The van der Waals surface area contributed by atoms with Gasteiger partial charge >= 0.3 is 13.2 Å². The summed E-state index contributed by atoms with van der Waals surface area (Å²) in [5.74, 6) is 0.740. The van der Waals surface area contributed by atoms with Crippen molar-refractivity contribution in [2.75, 3.05) is 14.2 Å². The van der Waals surface area contributed by atoms with Crippen LogP contribution in [-0.2, 0) is 11.3 Å². The first kappa shape index (κ1) is 22.9. The van der Waals surface area contributed by atoms with Gasteiger partial charge in [-0.3, -0.25) is 0 Å². The third kappa shape index (κ3) is 5.28. The van der Waals surface area contributed by atoms with E-state index >= 15 is 0 Å². The maximum atomic E-state index is 12.3. The molecular formula is C22H35BN2O5. The molecule has 1 unspecified atom stereocenters. The molecule has 1 spiro atoms. The van der Waals surface area contributed by atoms with Crippen LogP contribution in [0.25, 0.3) is 0 Å². The molecule has 0 bridgehead atoms. The molecule has 0 saturated heterocycles. The lowest BCUT2D eigenvalue weighted by Gasteiger charge is -2.36. The molecule has 166 valence electrons. The van der Waals surface area contributed by atoms with E-state index in [0.717, 1.165) is 43.4 Å². The van der Waals surface area contributed by atoms with E-state index in [1.54, 1.807) is 30.2 Å². The molecule has 30 heavy (non-hydrogen) atoms. The fourth-order valence-electron chi connectivity index (χ4n) is 4.57. The Morgan fingerprint density at radius 2 is 1.97 bits per heavy atom. The van der Waals surface area contributed by atoms with Crippen LogP contribution >= 0.6 is 0 Å². The van der Waals surface area contributed by atoms with Gasteiger partial charge in [-0.1, -0.05) is 12.1 Å². The van der Waals surface area contributed by atoms with E-state index in [1.165, 1.54) is 0 Å². The first-order valence-electron chi connectivity index (χ1n) is 10.8. The van der Waals surface area contributed by atoms with Crippen LogP contribution < -0.4 is 15.5 Å². The Labute approximate surface area is 179 Å². The molecule has 1 aromatic carbocycles. The summed E-state index contributed by atoms with van der Waals surface area (Å²) in [5, 5.41) is 22.5. The van der Waals surface area contributed by atoms with E-state index in [4.69, 9.17) is 9.47 Å². The van der Waals surface area contributed by atoms with Crippen molar-refractivity contribution in [2.45, 2.75) is 77.1 Å². The van der Waals surface area contributed by atoms with Crippen LogP contribution in [0.15, 0.2) is 18.2 Å². The molecule has 1 atom stereocenters. The second-order valence-corrected chi connectivity index (χ2v) is 9.77. The van der Waals surface area contributed by atoms with Crippen molar-refractivity contribution in [3.63, 3.8) is 0 Å². The lowest BCUT2D eigenvalue weighted by atomic mass is 9.79. The molecule has 0 aliphatic heterocycles. The fourth-order valence-corrected chi connectivity index (χ4v) is 4.57. The predicted octanol–water partition coefficient (Wildman–Crippen LogP) is 2.03. The molecule has 0 aromatic heterocycles. The van der Waals surface area contributed by atoms with Gasteiger partial charge in [0, 0.05) is 31.2 Å². The summed E-state index contributed by atoms with van der Waals surface area (Å²) in [5.41, 5.74) is 1.22. The highest BCUT2D eigenvalue weighted by atomic mass is 16.6. The number of nitrogens with zero attached hydrogens (tertiary/aromatic N) is 1. The highest BCUT2D eigenvalue weighted by Gasteiger charge is 2.55. The molecule has 3 rings (SSSR count). The van der Waals surface area contributed by atoms with Crippen molar-refractivity contribution >= 4 is 18.7 Å². The predicted molar refractivity (Wildman–Crippen MR) is 117 cm³/mol. The highest BCUT2D eigenvalue weighted by Crippen LogP contribution is 2.56. The first-order valence-corrected chi connectivity index (χ1v) is 10.8. The zero-order chi connectivity index (χ0) is 22.1. The van der Waals surface area contributed by atoms with E-state index in [2.05, 4.69) is 5.32 Å². The molecule has 1 amide bonds. The Kier molecular flexibility index (Phi) is 6.70. The maximum absolute atomic E-state index is 12.3. The molecule has 2 fully saturated rings. The summed E-state index contributed by atoms with van der Waals surface area (Å²) in [6.45, 7) is 6.29. The van der Waals surface area contributed by atoms with Crippen molar-refractivity contribution < 1.29 is 24.3 Å². The SMILES string of the molecule is COc1ccc(B(O)O)cc1CNC1CC12CCC(N(C)C(=O)OC(C)(C)C)CC2. The van der Waals surface area contributed by atoms with E-state index in [0.29, 0.717) is 23.5 Å². The summed E-state index contributed by atoms with van der Waals surface area (Å²) >= 11 is 0. The third-order valence-corrected chi connectivity index (χ3v) is 6.51. The van der Waals surface area contributed by atoms with Crippen LogP contribution in [0.3, 0.4) is 0 Å². The Hall–Kier alpha value is -1.77. The van der Waals surface area contributed by atoms with Gasteiger partial charge in [0.25, 0.3) is 0 Å². The highest BCUT2D eigenvalue weighted by molar-refractivity contribution is 6.58. The van der Waals surface area contributed by atoms with Gasteiger partial charge in [0.05, 0.1) is 7.11 Å². The number of amides is 1. The van der Waals surface area contributed by atoms with Crippen molar-refractivity contribution in [2.24, 2.45) is 5.41 Å². The number of carbonyl (C=O) groups is 1. The van der Waals surface area contributed by atoms with Gasteiger partial charge in [-0.25, -0.2) is 4.79 Å². The second kappa shape index (κ2) is 8.77. The monoisotopic (exact) mass is 418 g/mol. The zero-order valence-electron chi connectivity index (χ0n) is 18.8. The van der Waals surface area contributed by atoms with Crippen LogP contribution in [0.1, 0.15) is 58.4 Å². The summed E-state index contributed by atoms with van der Waals surface area (Å²) in [7, 11) is 1.97. The summed E-state index contributed by atoms with van der Waals surface area (Å²) in [6, 6.07) is 5.88. The third-order valence-electron chi connectivity index (χ3n) is 6.51. The molecule has 7 nitrogen and oxygen atoms in total. The number of hydrogen-bond donors (Lipinski definition) is 3. The van der Waals surface area contributed by atoms with Gasteiger partial charge in [0.15, 0.2) is 0 Å². The van der Waals surface area contributed by atoms with Crippen LogP contribution in [-0.4, -0.2) is 60.0 Å². The topological polar surface area (TPSA) is 91.3 Å². The average molecular weight is 418 g/mol. The standard InChI is InChI=1S/C22H35BN2O5/c1-21(2,3)30-20(26)25(4)17-8-10-22(11-9-17)13-19(22)24-14-15-12-16(23(27)28)6-7-18(15)29-5/h6-7,12,17,19,24,27-28H,8-11,13-14H2,1-5H3. The fraction of sp³-hybridized carbons (Fsp3) is 0.682. The van der Waals surface area contributed by atoms with Gasteiger partial charge in [-0.2, -0.15) is 0 Å². The molecule has 3 N–H and O–H groups in total.